The van der Waals surface area contributed by atoms with E-state index in [4.69, 9.17) is 0 Å². The Hall–Kier alpha value is -1.42. The van der Waals surface area contributed by atoms with E-state index in [0.717, 1.165) is 18.4 Å². The molecule has 110 valence electrons. The van der Waals surface area contributed by atoms with E-state index in [0.29, 0.717) is 12.5 Å². The molecule has 1 aliphatic rings. The lowest BCUT2D eigenvalue weighted by atomic mass is 9.85. The first-order valence-electron chi connectivity index (χ1n) is 7.34. The Labute approximate surface area is 119 Å². The maximum Gasteiger partial charge on any atom is 0.224 e. The van der Waals surface area contributed by atoms with Crippen LogP contribution in [0.2, 0.25) is 0 Å². The summed E-state index contributed by atoms with van der Waals surface area (Å²) in [4.78, 5) is 11.8. The Morgan fingerprint density at radius 1 is 1.25 bits per heavy atom. The van der Waals surface area contributed by atoms with Crippen LogP contribution >= 0.6 is 0 Å². The van der Waals surface area contributed by atoms with Crippen LogP contribution in [-0.4, -0.2) is 23.7 Å². The first-order valence-corrected chi connectivity index (χ1v) is 7.34. The second kappa shape index (κ2) is 7.39. The van der Waals surface area contributed by atoms with Crippen LogP contribution < -0.4 is 5.32 Å². The molecule has 0 saturated heterocycles. The van der Waals surface area contributed by atoms with E-state index >= 15 is 0 Å². The van der Waals surface area contributed by atoms with Crippen LogP contribution in [0.3, 0.4) is 0 Å². The van der Waals surface area contributed by atoms with Gasteiger partial charge in [-0.2, -0.15) is 0 Å². The minimum Gasteiger partial charge on any atom is -0.391 e. The average Bonchev–Trinajstić information content (AvgIpc) is 2.48. The van der Waals surface area contributed by atoms with Crippen molar-refractivity contribution in [2.45, 2.75) is 44.6 Å². The van der Waals surface area contributed by atoms with Gasteiger partial charge >= 0.3 is 0 Å². The SMILES string of the molecule is O=C(Cc1ccc(F)cc1)NC[C@H](O)C1CCCCC1. The number of rotatable bonds is 5. The van der Waals surface area contributed by atoms with Crippen LogP contribution in [0.5, 0.6) is 0 Å². The number of aliphatic hydroxyl groups is 1. The van der Waals surface area contributed by atoms with E-state index in [2.05, 4.69) is 5.32 Å². The summed E-state index contributed by atoms with van der Waals surface area (Å²) in [6.07, 6.45) is 5.46. The predicted molar refractivity (Wildman–Crippen MR) is 75.7 cm³/mol. The normalized spacial score (nSPS) is 17.7. The summed E-state index contributed by atoms with van der Waals surface area (Å²) >= 11 is 0. The summed E-state index contributed by atoms with van der Waals surface area (Å²) in [5, 5.41) is 12.8. The third-order valence-electron chi connectivity index (χ3n) is 3.98. The second-order valence-corrected chi connectivity index (χ2v) is 5.57. The smallest absolute Gasteiger partial charge is 0.224 e. The number of amides is 1. The molecular weight excluding hydrogens is 257 g/mol. The fourth-order valence-electron chi connectivity index (χ4n) is 2.75. The van der Waals surface area contributed by atoms with Crippen LogP contribution in [-0.2, 0) is 11.2 Å². The Bertz CT molecular complexity index is 427. The second-order valence-electron chi connectivity index (χ2n) is 5.57. The molecule has 1 aliphatic carbocycles. The predicted octanol–water partition coefficient (Wildman–Crippen LogP) is 2.43. The van der Waals surface area contributed by atoms with Gasteiger partial charge in [-0.15, -0.1) is 0 Å². The van der Waals surface area contributed by atoms with Gasteiger partial charge in [-0.1, -0.05) is 31.4 Å². The van der Waals surface area contributed by atoms with Crippen molar-refractivity contribution >= 4 is 5.91 Å². The molecule has 0 heterocycles. The molecule has 0 unspecified atom stereocenters. The number of benzene rings is 1. The van der Waals surface area contributed by atoms with Gasteiger partial charge in [0, 0.05) is 6.54 Å². The van der Waals surface area contributed by atoms with Gasteiger partial charge in [0.05, 0.1) is 12.5 Å². The van der Waals surface area contributed by atoms with Crippen LogP contribution in [0, 0.1) is 11.7 Å². The summed E-state index contributed by atoms with van der Waals surface area (Å²) in [5.41, 5.74) is 0.774. The van der Waals surface area contributed by atoms with E-state index in [-0.39, 0.29) is 18.1 Å². The zero-order valence-corrected chi connectivity index (χ0v) is 11.6. The molecule has 2 N–H and O–H groups in total. The van der Waals surface area contributed by atoms with Gasteiger partial charge in [-0.25, -0.2) is 4.39 Å². The molecule has 1 aromatic rings. The van der Waals surface area contributed by atoms with Crippen molar-refractivity contribution in [3.63, 3.8) is 0 Å². The third-order valence-corrected chi connectivity index (χ3v) is 3.98. The lowest BCUT2D eigenvalue weighted by molar-refractivity contribution is -0.121. The monoisotopic (exact) mass is 279 g/mol. The summed E-state index contributed by atoms with van der Waals surface area (Å²) in [7, 11) is 0. The molecule has 1 aromatic carbocycles. The molecule has 4 heteroatoms. The summed E-state index contributed by atoms with van der Waals surface area (Å²) in [6.45, 7) is 0.310. The molecule has 1 amide bonds. The Morgan fingerprint density at radius 3 is 2.55 bits per heavy atom. The van der Waals surface area contributed by atoms with Crippen LogP contribution in [0.4, 0.5) is 4.39 Å². The van der Waals surface area contributed by atoms with Crippen molar-refractivity contribution in [2.24, 2.45) is 5.92 Å². The molecule has 1 saturated carbocycles. The molecule has 0 radical (unpaired) electrons. The molecule has 1 atom stereocenters. The number of aliphatic hydroxyl groups excluding tert-OH is 1. The summed E-state index contributed by atoms with van der Waals surface area (Å²) in [5.74, 6) is -0.122. The highest BCUT2D eigenvalue weighted by Gasteiger charge is 2.21. The number of nitrogens with one attached hydrogen (secondary N) is 1. The van der Waals surface area contributed by atoms with Crippen LogP contribution in [0.25, 0.3) is 0 Å². The summed E-state index contributed by atoms with van der Waals surface area (Å²) in [6, 6.07) is 5.90. The van der Waals surface area contributed by atoms with Crippen LogP contribution in [0.15, 0.2) is 24.3 Å². The van der Waals surface area contributed by atoms with Gasteiger partial charge in [0.1, 0.15) is 5.82 Å². The Balaban J connectivity index is 1.72. The molecule has 1 fully saturated rings. The quantitative estimate of drug-likeness (QED) is 0.869. The molecular formula is C16H22FNO2. The topological polar surface area (TPSA) is 49.3 Å². The molecule has 20 heavy (non-hydrogen) atoms. The molecule has 3 nitrogen and oxygen atoms in total. The Kier molecular flexibility index (Phi) is 5.53. The van der Waals surface area contributed by atoms with Crippen molar-refractivity contribution in [1.29, 1.82) is 0 Å². The van der Waals surface area contributed by atoms with Gasteiger partial charge in [-0.3, -0.25) is 4.79 Å². The largest absolute Gasteiger partial charge is 0.391 e. The molecule has 0 spiro atoms. The third kappa shape index (κ3) is 4.60. The van der Waals surface area contributed by atoms with Crippen molar-refractivity contribution in [3.8, 4) is 0 Å². The lowest BCUT2D eigenvalue weighted by Crippen LogP contribution is -2.37. The Morgan fingerprint density at radius 2 is 1.90 bits per heavy atom. The van der Waals surface area contributed by atoms with Crippen molar-refractivity contribution < 1.29 is 14.3 Å². The van der Waals surface area contributed by atoms with E-state index < -0.39 is 6.10 Å². The number of halogens is 1. The number of carbonyl (C=O) groups excluding carboxylic acids is 1. The van der Waals surface area contributed by atoms with Gasteiger partial charge in [-0.05, 0) is 36.5 Å². The van der Waals surface area contributed by atoms with Gasteiger partial charge in [0.2, 0.25) is 5.91 Å². The van der Waals surface area contributed by atoms with E-state index in [1.165, 1.54) is 31.4 Å². The molecule has 0 aromatic heterocycles. The highest BCUT2D eigenvalue weighted by Crippen LogP contribution is 2.26. The first-order chi connectivity index (χ1) is 9.65. The zero-order chi connectivity index (χ0) is 14.4. The van der Waals surface area contributed by atoms with Crippen molar-refractivity contribution in [1.82, 2.24) is 5.32 Å². The molecule has 0 aliphatic heterocycles. The maximum absolute atomic E-state index is 12.8. The van der Waals surface area contributed by atoms with Gasteiger partial charge in [0.15, 0.2) is 0 Å². The standard InChI is InChI=1S/C16H22FNO2/c17-14-8-6-12(7-9-14)10-16(20)18-11-15(19)13-4-2-1-3-5-13/h6-9,13,15,19H,1-5,10-11H2,(H,18,20)/t15-/m0/s1. The van der Waals surface area contributed by atoms with E-state index in [9.17, 15) is 14.3 Å². The number of carbonyl (C=O) groups is 1. The molecule has 0 bridgehead atoms. The highest BCUT2D eigenvalue weighted by molar-refractivity contribution is 5.78. The van der Waals surface area contributed by atoms with Crippen LogP contribution in [0.1, 0.15) is 37.7 Å². The number of hydrogen-bond donors (Lipinski definition) is 2. The van der Waals surface area contributed by atoms with Crippen molar-refractivity contribution in [2.75, 3.05) is 6.54 Å². The van der Waals surface area contributed by atoms with E-state index in [1.54, 1.807) is 12.1 Å². The van der Waals surface area contributed by atoms with Gasteiger partial charge < -0.3 is 10.4 Å². The van der Waals surface area contributed by atoms with Gasteiger partial charge in [0.25, 0.3) is 0 Å². The highest BCUT2D eigenvalue weighted by atomic mass is 19.1. The zero-order valence-electron chi connectivity index (χ0n) is 11.6. The van der Waals surface area contributed by atoms with E-state index in [1.807, 2.05) is 0 Å². The van der Waals surface area contributed by atoms with Crippen molar-refractivity contribution in [3.05, 3.63) is 35.6 Å². The summed E-state index contributed by atoms with van der Waals surface area (Å²) < 4.78 is 12.8. The fourth-order valence-corrected chi connectivity index (χ4v) is 2.75. The maximum atomic E-state index is 12.8. The minimum absolute atomic E-state index is 0.133. The first kappa shape index (κ1) is 15.0. The molecule has 2 rings (SSSR count). The number of hydrogen-bond acceptors (Lipinski definition) is 2. The average molecular weight is 279 g/mol. The lowest BCUT2D eigenvalue weighted by Gasteiger charge is -2.26. The minimum atomic E-state index is -0.451. The fraction of sp³-hybridized carbons (Fsp3) is 0.562.